The molecule has 1 amide bonds. The van der Waals surface area contributed by atoms with Gasteiger partial charge in [-0.1, -0.05) is 30.3 Å². The molecule has 0 unspecified atom stereocenters. The van der Waals surface area contributed by atoms with Gasteiger partial charge in [-0.15, -0.1) is 0 Å². The number of sulfonamides is 1. The topological polar surface area (TPSA) is 79.0 Å². The van der Waals surface area contributed by atoms with Crippen LogP contribution in [-0.4, -0.2) is 59.2 Å². The minimum atomic E-state index is -3.69. The van der Waals surface area contributed by atoms with Crippen LogP contribution >= 0.6 is 0 Å². The third-order valence-corrected chi connectivity index (χ3v) is 5.02. The van der Waals surface area contributed by atoms with E-state index in [1.165, 1.54) is 0 Å². The van der Waals surface area contributed by atoms with E-state index in [2.05, 4.69) is 5.32 Å². The summed E-state index contributed by atoms with van der Waals surface area (Å²) in [5, 5.41) is 2.77. The lowest BCUT2D eigenvalue weighted by Crippen LogP contribution is -2.41. The van der Waals surface area contributed by atoms with E-state index in [0.29, 0.717) is 23.7 Å². The highest BCUT2D eigenvalue weighted by Gasteiger charge is 2.24. The summed E-state index contributed by atoms with van der Waals surface area (Å²) in [6.45, 7) is 1.01. The van der Waals surface area contributed by atoms with Gasteiger partial charge in [0.1, 0.15) is 12.3 Å². The van der Waals surface area contributed by atoms with Crippen LogP contribution in [0.15, 0.2) is 54.6 Å². The predicted molar refractivity (Wildman–Crippen MR) is 111 cm³/mol. The van der Waals surface area contributed by atoms with Gasteiger partial charge in [0.2, 0.25) is 15.9 Å². The van der Waals surface area contributed by atoms with E-state index in [4.69, 9.17) is 4.74 Å². The van der Waals surface area contributed by atoms with Crippen LogP contribution < -0.4 is 14.4 Å². The number of carbonyl (C=O) groups is 1. The van der Waals surface area contributed by atoms with Crippen LogP contribution in [0.2, 0.25) is 0 Å². The third kappa shape index (κ3) is 6.86. The fourth-order valence-electron chi connectivity index (χ4n) is 2.56. The van der Waals surface area contributed by atoms with Crippen molar-refractivity contribution in [3.8, 4) is 11.5 Å². The largest absolute Gasteiger partial charge is 0.455 e. The van der Waals surface area contributed by atoms with Crippen molar-refractivity contribution in [3.05, 3.63) is 54.6 Å². The van der Waals surface area contributed by atoms with Gasteiger partial charge in [0.25, 0.3) is 0 Å². The summed E-state index contributed by atoms with van der Waals surface area (Å²) < 4.78 is 31.7. The number of amides is 1. The molecule has 0 aromatic heterocycles. The fourth-order valence-corrected chi connectivity index (χ4v) is 3.42. The van der Waals surface area contributed by atoms with Gasteiger partial charge in [-0.3, -0.25) is 9.10 Å². The molecule has 0 aliphatic heterocycles. The minimum Gasteiger partial charge on any atom is -0.455 e. The number of para-hydroxylation sites is 3. The summed E-state index contributed by atoms with van der Waals surface area (Å²) in [6, 6.07) is 15.8. The summed E-state index contributed by atoms with van der Waals surface area (Å²) in [5.41, 5.74) is 0.317. The number of hydrogen-bond donors (Lipinski definition) is 1. The molecule has 0 spiro atoms. The zero-order valence-electron chi connectivity index (χ0n) is 16.5. The first-order valence-electron chi connectivity index (χ1n) is 8.98. The molecule has 7 nitrogen and oxygen atoms in total. The number of anilines is 1. The molecule has 2 rings (SSSR count). The van der Waals surface area contributed by atoms with Gasteiger partial charge in [0, 0.05) is 6.54 Å². The number of nitrogens with one attached hydrogen (secondary N) is 1. The van der Waals surface area contributed by atoms with Crippen LogP contribution in [-0.2, 0) is 14.8 Å². The van der Waals surface area contributed by atoms with Crippen LogP contribution in [0.4, 0.5) is 5.69 Å². The maximum Gasteiger partial charge on any atom is 0.240 e. The molecule has 0 aliphatic rings. The molecular weight excluding hydrogens is 378 g/mol. The molecular formula is C20H27N3O4S. The Kier molecular flexibility index (Phi) is 7.83. The summed E-state index contributed by atoms with van der Waals surface area (Å²) in [4.78, 5) is 14.3. The highest BCUT2D eigenvalue weighted by atomic mass is 32.2. The van der Waals surface area contributed by atoms with E-state index in [0.717, 1.165) is 23.5 Å². The van der Waals surface area contributed by atoms with E-state index in [-0.39, 0.29) is 12.5 Å². The Morgan fingerprint density at radius 2 is 1.68 bits per heavy atom. The maximum absolute atomic E-state index is 12.4. The second-order valence-electron chi connectivity index (χ2n) is 6.66. The van der Waals surface area contributed by atoms with Crippen molar-refractivity contribution in [1.82, 2.24) is 10.2 Å². The Bertz CT molecular complexity index is 870. The molecule has 0 bridgehead atoms. The zero-order chi connectivity index (χ0) is 20.6. The molecule has 0 radical (unpaired) electrons. The van der Waals surface area contributed by atoms with Crippen LogP contribution in [0.1, 0.15) is 6.42 Å². The van der Waals surface area contributed by atoms with E-state index in [1.54, 1.807) is 36.4 Å². The SMILES string of the molecule is CN(C)CCCNC(=O)CN(c1ccccc1Oc1ccccc1)S(C)(=O)=O. The molecule has 2 aromatic rings. The molecule has 0 saturated heterocycles. The van der Waals surface area contributed by atoms with E-state index in [9.17, 15) is 13.2 Å². The Labute approximate surface area is 167 Å². The smallest absolute Gasteiger partial charge is 0.240 e. The number of carbonyl (C=O) groups excluding carboxylic acids is 1. The lowest BCUT2D eigenvalue weighted by Gasteiger charge is -2.24. The van der Waals surface area contributed by atoms with Gasteiger partial charge >= 0.3 is 0 Å². The molecule has 0 heterocycles. The molecule has 8 heteroatoms. The Hall–Kier alpha value is -2.58. The molecule has 2 aromatic carbocycles. The Balaban J connectivity index is 2.16. The normalized spacial score (nSPS) is 11.3. The van der Waals surface area contributed by atoms with E-state index >= 15 is 0 Å². The van der Waals surface area contributed by atoms with Crippen molar-refractivity contribution in [3.63, 3.8) is 0 Å². The fraction of sp³-hybridized carbons (Fsp3) is 0.350. The first-order valence-corrected chi connectivity index (χ1v) is 10.8. The lowest BCUT2D eigenvalue weighted by atomic mass is 10.3. The van der Waals surface area contributed by atoms with Crippen molar-refractivity contribution >= 4 is 21.6 Å². The monoisotopic (exact) mass is 405 g/mol. The zero-order valence-corrected chi connectivity index (χ0v) is 17.3. The summed E-state index contributed by atoms with van der Waals surface area (Å²) in [6.07, 6.45) is 1.86. The second-order valence-corrected chi connectivity index (χ2v) is 8.57. The highest BCUT2D eigenvalue weighted by Crippen LogP contribution is 2.33. The first kappa shape index (κ1) is 21.7. The average Bonchev–Trinajstić information content (AvgIpc) is 2.64. The van der Waals surface area contributed by atoms with Crippen molar-refractivity contribution in [1.29, 1.82) is 0 Å². The quantitative estimate of drug-likeness (QED) is 0.614. The van der Waals surface area contributed by atoms with Crippen molar-refractivity contribution in [2.24, 2.45) is 0 Å². The number of ether oxygens (including phenoxy) is 1. The maximum atomic E-state index is 12.4. The summed E-state index contributed by atoms with van der Waals surface area (Å²) in [7, 11) is 0.223. The van der Waals surface area contributed by atoms with Crippen molar-refractivity contribution in [2.75, 3.05) is 44.3 Å². The van der Waals surface area contributed by atoms with Gasteiger partial charge in [0.05, 0.1) is 11.9 Å². The van der Waals surface area contributed by atoms with Gasteiger partial charge < -0.3 is 15.0 Å². The third-order valence-electron chi connectivity index (χ3n) is 3.90. The van der Waals surface area contributed by atoms with Crippen molar-refractivity contribution in [2.45, 2.75) is 6.42 Å². The van der Waals surface area contributed by atoms with Crippen molar-refractivity contribution < 1.29 is 17.9 Å². The van der Waals surface area contributed by atoms with Crippen LogP contribution in [0.25, 0.3) is 0 Å². The minimum absolute atomic E-state index is 0.310. The molecule has 152 valence electrons. The van der Waals surface area contributed by atoms with Crippen LogP contribution in [0.3, 0.4) is 0 Å². The molecule has 28 heavy (non-hydrogen) atoms. The van der Waals surface area contributed by atoms with Gasteiger partial charge in [-0.25, -0.2) is 8.42 Å². The second kappa shape index (κ2) is 10.1. The lowest BCUT2D eigenvalue weighted by molar-refractivity contribution is -0.119. The highest BCUT2D eigenvalue weighted by molar-refractivity contribution is 7.92. The number of nitrogens with zero attached hydrogens (tertiary/aromatic N) is 2. The molecule has 0 aliphatic carbocycles. The Morgan fingerprint density at radius 3 is 2.32 bits per heavy atom. The number of hydrogen-bond acceptors (Lipinski definition) is 5. The van der Waals surface area contributed by atoms with Crippen LogP contribution in [0, 0.1) is 0 Å². The average molecular weight is 406 g/mol. The predicted octanol–water partition coefficient (Wildman–Crippen LogP) is 2.31. The summed E-state index contributed by atoms with van der Waals surface area (Å²) in [5.74, 6) is 0.578. The first-order chi connectivity index (χ1) is 13.3. The van der Waals surface area contributed by atoms with Gasteiger partial charge in [0.15, 0.2) is 5.75 Å². The molecule has 0 atom stereocenters. The number of benzene rings is 2. The summed E-state index contributed by atoms with van der Waals surface area (Å²) >= 11 is 0. The Morgan fingerprint density at radius 1 is 1.04 bits per heavy atom. The molecule has 0 fully saturated rings. The molecule has 1 N–H and O–H groups in total. The standard InChI is InChI=1S/C20H27N3O4S/c1-22(2)15-9-14-21-20(24)16-23(28(3,25)26)18-12-7-8-13-19(18)27-17-10-5-4-6-11-17/h4-8,10-13H,9,14-16H2,1-3H3,(H,21,24). The van der Waals surface area contributed by atoms with Gasteiger partial charge in [-0.05, 0) is 51.3 Å². The van der Waals surface area contributed by atoms with Gasteiger partial charge in [-0.2, -0.15) is 0 Å². The van der Waals surface area contributed by atoms with E-state index < -0.39 is 10.0 Å². The van der Waals surface area contributed by atoms with E-state index in [1.807, 2.05) is 37.2 Å². The molecule has 0 saturated carbocycles. The number of rotatable bonds is 10. The van der Waals surface area contributed by atoms with Crippen LogP contribution in [0.5, 0.6) is 11.5 Å².